The van der Waals surface area contributed by atoms with E-state index in [0.717, 1.165) is 18.4 Å². The molecule has 1 aliphatic rings. The molecule has 0 aliphatic carbocycles. The van der Waals surface area contributed by atoms with Crippen LogP contribution in [0.5, 0.6) is 0 Å². The number of amides is 1. The van der Waals surface area contributed by atoms with E-state index in [1.165, 1.54) is 0 Å². The topological polar surface area (TPSA) is 63.4 Å². The minimum absolute atomic E-state index is 0.0428. The van der Waals surface area contributed by atoms with Crippen LogP contribution in [0.25, 0.3) is 0 Å². The van der Waals surface area contributed by atoms with E-state index in [1.807, 2.05) is 41.5 Å². The molecule has 1 unspecified atom stereocenters. The summed E-state index contributed by atoms with van der Waals surface area (Å²) in [5, 5.41) is 0. The Morgan fingerprint density at radius 2 is 1.95 bits per heavy atom. The summed E-state index contributed by atoms with van der Waals surface area (Å²) in [5.74, 6) is -0.318. The molecule has 2 rings (SSSR count). The van der Waals surface area contributed by atoms with Crippen LogP contribution in [-0.2, 0) is 16.0 Å². The summed E-state index contributed by atoms with van der Waals surface area (Å²) in [6.45, 7) is 1.41. The first-order valence-electron chi connectivity index (χ1n) is 7.14. The van der Waals surface area contributed by atoms with Gasteiger partial charge in [0.1, 0.15) is 0 Å². The zero-order valence-corrected chi connectivity index (χ0v) is 11.6. The molecular formula is C16H21N2O2. The summed E-state index contributed by atoms with van der Waals surface area (Å²) in [4.78, 5) is 25.1. The summed E-state index contributed by atoms with van der Waals surface area (Å²) in [6, 6.07) is 9.95. The molecule has 4 nitrogen and oxygen atoms in total. The largest absolute Gasteiger partial charge is 0.343 e. The van der Waals surface area contributed by atoms with E-state index in [1.54, 1.807) is 0 Å². The minimum Gasteiger partial charge on any atom is -0.343 e. The average Bonchev–Trinajstić information content (AvgIpc) is 2.48. The lowest BCUT2D eigenvalue weighted by atomic mass is 9.96. The van der Waals surface area contributed by atoms with Crippen molar-refractivity contribution in [3.05, 3.63) is 35.9 Å². The summed E-state index contributed by atoms with van der Waals surface area (Å²) in [5.41, 5.74) is 6.89. The van der Waals surface area contributed by atoms with Gasteiger partial charge < -0.3 is 10.6 Å². The molecule has 4 heteroatoms. The number of benzene rings is 1. The maximum atomic E-state index is 12.2. The molecule has 1 radical (unpaired) electrons. The van der Waals surface area contributed by atoms with Gasteiger partial charge in [-0.1, -0.05) is 30.3 Å². The molecule has 1 aromatic rings. The molecule has 0 bridgehead atoms. The predicted molar refractivity (Wildman–Crippen MR) is 77.7 cm³/mol. The second kappa shape index (κ2) is 7.20. The third-order valence-corrected chi connectivity index (χ3v) is 3.80. The van der Waals surface area contributed by atoms with Crippen molar-refractivity contribution in [1.29, 1.82) is 0 Å². The number of nitrogens with zero attached hydrogens (tertiary/aromatic N) is 1. The molecule has 1 heterocycles. The number of piperidine rings is 1. The van der Waals surface area contributed by atoms with Crippen molar-refractivity contribution in [2.24, 2.45) is 11.7 Å². The van der Waals surface area contributed by atoms with Crippen LogP contribution in [0.2, 0.25) is 0 Å². The highest BCUT2D eigenvalue weighted by Gasteiger charge is 2.23. The van der Waals surface area contributed by atoms with E-state index in [-0.39, 0.29) is 24.3 Å². The van der Waals surface area contributed by atoms with Gasteiger partial charge in [0.15, 0.2) is 0 Å². The highest BCUT2D eigenvalue weighted by Crippen LogP contribution is 2.15. The molecule has 1 amide bonds. The molecule has 107 valence electrons. The molecule has 1 aromatic carbocycles. The number of hydrogen-bond acceptors (Lipinski definition) is 3. The van der Waals surface area contributed by atoms with Crippen LogP contribution in [-0.4, -0.2) is 36.2 Å². The van der Waals surface area contributed by atoms with E-state index in [9.17, 15) is 9.59 Å². The lowest BCUT2D eigenvalue weighted by Crippen LogP contribution is -2.43. The van der Waals surface area contributed by atoms with E-state index in [2.05, 4.69) is 0 Å². The maximum absolute atomic E-state index is 12.2. The van der Waals surface area contributed by atoms with Gasteiger partial charge in [-0.3, -0.25) is 9.59 Å². The minimum atomic E-state index is -0.361. The maximum Gasteiger partial charge on any atom is 0.223 e. The Kier molecular flexibility index (Phi) is 5.30. The van der Waals surface area contributed by atoms with Crippen molar-refractivity contribution in [3.8, 4) is 0 Å². The standard InChI is InChI=1S/C16H21N2O2/c17-15-6-8-18(9-7-15)16(20)11-14(12-19)10-13-4-2-1-3-5-13/h1-5,14-15H,6-11,17H2. The number of carbonyl (C=O) groups is 1. The quantitative estimate of drug-likeness (QED) is 0.879. The van der Waals surface area contributed by atoms with E-state index < -0.39 is 0 Å². The van der Waals surface area contributed by atoms with E-state index in [4.69, 9.17) is 5.73 Å². The van der Waals surface area contributed by atoms with Gasteiger partial charge in [0, 0.05) is 31.5 Å². The summed E-state index contributed by atoms with van der Waals surface area (Å²) < 4.78 is 0. The molecule has 1 atom stereocenters. The molecule has 20 heavy (non-hydrogen) atoms. The van der Waals surface area contributed by atoms with Crippen LogP contribution < -0.4 is 5.73 Å². The number of hydrogen-bond donors (Lipinski definition) is 1. The fourth-order valence-corrected chi connectivity index (χ4v) is 2.54. The van der Waals surface area contributed by atoms with Crippen molar-refractivity contribution in [2.45, 2.75) is 31.7 Å². The molecule has 0 aromatic heterocycles. The average molecular weight is 273 g/mol. The van der Waals surface area contributed by atoms with Crippen LogP contribution in [0.4, 0.5) is 0 Å². The van der Waals surface area contributed by atoms with Gasteiger partial charge in [-0.05, 0) is 24.8 Å². The van der Waals surface area contributed by atoms with Crippen LogP contribution in [0.15, 0.2) is 30.3 Å². The zero-order chi connectivity index (χ0) is 14.4. The van der Waals surface area contributed by atoms with Crippen LogP contribution in [0, 0.1) is 5.92 Å². The number of carbonyl (C=O) groups excluding carboxylic acids is 2. The Morgan fingerprint density at radius 3 is 2.55 bits per heavy atom. The Morgan fingerprint density at radius 1 is 1.30 bits per heavy atom. The molecule has 1 fully saturated rings. The first kappa shape index (κ1) is 14.7. The Hall–Kier alpha value is -1.68. The lowest BCUT2D eigenvalue weighted by molar-refractivity contribution is -0.132. The van der Waals surface area contributed by atoms with Crippen molar-refractivity contribution in [1.82, 2.24) is 4.90 Å². The summed E-state index contributed by atoms with van der Waals surface area (Å²) in [6.07, 6.45) is 4.52. The van der Waals surface area contributed by atoms with E-state index in [0.29, 0.717) is 19.5 Å². The predicted octanol–water partition coefficient (Wildman–Crippen LogP) is 1.29. The zero-order valence-electron chi connectivity index (χ0n) is 11.6. The third kappa shape index (κ3) is 4.17. The van der Waals surface area contributed by atoms with Gasteiger partial charge in [0.25, 0.3) is 0 Å². The summed E-state index contributed by atoms with van der Waals surface area (Å²) in [7, 11) is 0. The molecular weight excluding hydrogens is 252 g/mol. The molecule has 1 aliphatic heterocycles. The third-order valence-electron chi connectivity index (χ3n) is 3.80. The van der Waals surface area contributed by atoms with Crippen molar-refractivity contribution >= 4 is 12.2 Å². The second-order valence-electron chi connectivity index (χ2n) is 5.43. The SMILES string of the molecule is NC1CCN(C(=O)CC([C]=O)Cc2ccccc2)CC1. The first-order chi connectivity index (χ1) is 9.69. The fraction of sp³-hybridized carbons (Fsp3) is 0.500. The lowest BCUT2D eigenvalue weighted by Gasteiger charge is -2.30. The molecule has 0 spiro atoms. The summed E-state index contributed by atoms with van der Waals surface area (Å²) >= 11 is 0. The van der Waals surface area contributed by atoms with Crippen molar-refractivity contribution in [3.63, 3.8) is 0 Å². The normalized spacial score (nSPS) is 17.8. The number of nitrogens with two attached hydrogens (primary N) is 1. The highest BCUT2D eigenvalue weighted by atomic mass is 16.2. The number of likely N-dealkylation sites (tertiary alicyclic amines) is 1. The van der Waals surface area contributed by atoms with Crippen LogP contribution in [0.1, 0.15) is 24.8 Å². The van der Waals surface area contributed by atoms with Gasteiger partial charge in [0.05, 0.1) is 0 Å². The molecule has 2 N–H and O–H groups in total. The fourth-order valence-electron chi connectivity index (χ4n) is 2.54. The van der Waals surface area contributed by atoms with Gasteiger partial charge in [-0.15, -0.1) is 0 Å². The monoisotopic (exact) mass is 273 g/mol. The van der Waals surface area contributed by atoms with Crippen molar-refractivity contribution in [2.75, 3.05) is 13.1 Å². The molecule has 1 saturated heterocycles. The van der Waals surface area contributed by atoms with Crippen LogP contribution in [0.3, 0.4) is 0 Å². The first-order valence-corrected chi connectivity index (χ1v) is 7.14. The molecule has 0 saturated carbocycles. The number of rotatable bonds is 5. The van der Waals surface area contributed by atoms with Crippen LogP contribution >= 0.6 is 0 Å². The van der Waals surface area contributed by atoms with E-state index >= 15 is 0 Å². The Labute approximate surface area is 119 Å². The highest BCUT2D eigenvalue weighted by molar-refractivity contribution is 5.79. The van der Waals surface area contributed by atoms with Gasteiger partial charge >= 0.3 is 0 Å². The van der Waals surface area contributed by atoms with Gasteiger partial charge in [-0.25, -0.2) is 0 Å². The Balaban J connectivity index is 1.86. The van der Waals surface area contributed by atoms with Gasteiger partial charge in [0.2, 0.25) is 12.2 Å². The smallest absolute Gasteiger partial charge is 0.223 e. The van der Waals surface area contributed by atoms with Crippen molar-refractivity contribution < 1.29 is 9.59 Å². The second-order valence-corrected chi connectivity index (χ2v) is 5.43. The Bertz CT molecular complexity index is 439. The van der Waals surface area contributed by atoms with Gasteiger partial charge in [-0.2, -0.15) is 0 Å².